The molecule has 88 valence electrons. The van der Waals surface area contributed by atoms with Crippen LogP contribution in [-0.2, 0) is 4.74 Å². The van der Waals surface area contributed by atoms with E-state index in [2.05, 4.69) is 11.9 Å². The molecule has 0 saturated heterocycles. The van der Waals surface area contributed by atoms with Crippen molar-refractivity contribution in [2.75, 3.05) is 25.1 Å². The lowest BCUT2D eigenvalue weighted by atomic mass is 10.2. The first-order valence-electron chi connectivity index (χ1n) is 5.08. The number of halogens is 1. The van der Waals surface area contributed by atoms with Crippen LogP contribution in [0.3, 0.4) is 0 Å². The molecule has 0 amide bonds. The van der Waals surface area contributed by atoms with Gasteiger partial charge in [-0.25, -0.2) is 0 Å². The van der Waals surface area contributed by atoms with Crippen LogP contribution in [0.15, 0.2) is 36.9 Å². The molecule has 1 atom stereocenters. The van der Waals surface area contributed by atoms with E-state index in [9.17, 15) is 0 Å². The van der Waals surface area contributed by atoms with Crippen LogP contribution in [0.5, 0.6) is 0 Å². The second kappa shape index (κ2) is 7.28. The van der Waals surface area contributed by atoms with Crippen molar-refractivity contribution in [1.82, 2.24) is 0 Å². The Morgan fingerprint density at radius 2 is 2.12 bits per heavy atom. The number of hydrogen-bond acceptors (Lipinski definition) is 3. The summed E-state index contributed by atoms with van der Waals surface area (Å²) in [5.74, 6) is 0. The Morgan fingerprint density at radius 3 is 2.69 bits per heavy atom. The molecule has 0 fully saturated rings. The average Bonchev–Trinajstić information content (AvgIpc) is 2.31. The minimum absolute atomic E-state index is 0.0137. The van der Waals surface area contributed by atoms with Gasteiger partial charge in [0.15, 0.2) is 0 Å². The van der Waals surface area contributed by atoms with Crippen molar-refractivity contribution in [2.45, 2.75) is 6.04 Å². The number of aliphatic hydroxyl groups excluding tert-OH is 1. The zero-order valence-electron chi connectivity index (χ0n) is 9.03. The zero-order valence-corrected chi connectivity index (χ0v) is 9.78. The first-order chi connectivity index (χ1) is 7.76. The van der Waals surface area contributed by atoms with Gasteiger partial charge in [-0.05, 0) is 24.3 Å². The number of rotatable bonds is 7. The van der Waals surface area contributed by atoms with Gasteiger partial charge in [-0.15, -0.1) is 6.58 Å². The first-order valence-corrected chi connectivity index (χ1v) is 5.45. The monoisotopic (exact) mass is 241 g/mol. The number of ether oxygens (including phenoxy) is 1. The largest absolute Gasteiger partial charge is 0.394 e. The fraction of sp³-hybridized carbons (Fsp3) is 0.333. The summed E-state index contributed by atoms with van der Waals surface area (Å²) in [6.07, 6.45) is 1.68. The van der Waals surface area contributed by atoms with E-state index >= 15 is 0 Å². The third-order valence-electron chi connectivity index (χ3n) is 1.99. The summed E-state index contributed by atoms with van der Waals surface area (Å²) < 4.78 is 5.27. The van der Waals surface area contributed by atoms with Crippen LogP contribution >= 0.6 is 11.6 Å². The minimum atomic E-state index is -0.124. The van der Waals surface area contributed by atoms with Crippen LogP contribution in [0.2, 0.25) is 5.02 Å². The average molecular weight is 242 g/mol. The molecule has 1 aromatic rings. The second-order valence-corrected chi connectivity index (χ2v) is 3.79. The summed E-state index contributed by atoms with van der Waals surface area (Å²) in [6, 6.07) is 7.18. The lowest BCUT2D eigenvalue weighted by molar-refractivity contribution is 0.128. The standard InChI is InChI=1S/C12H16ClNO2/c1-2-7-16-9-12(8-15)14-11-5-3-10(13)4-6-11/h2-6,12,14-15H,1,7-9H2. The van der Waals surface area contributed by atoms with Crippen molar-refractivity contribution < 1.29 is 9.84 Å². The van der Waals surface area contributed by atoms with Crippen LogP contribution in [0.1, 0.15) is 0 Å². The normalized spacial score (nSPS) is 12.1. The van der Waals surface area contributed by atoms with Crippen LogP contribution in [0.25, 0.3) is 0 Å². The molecule has 0 heterocycles. The number of hydrogen-bond donors (Lipinski definition) is 2. The third kappa shape index (κ3) is 4.66. The fourth-order valence-electron chi connectivity index (χ4n) is 1.22. The van der Waals surface area contributed by atoms with Crippen LogP contribution in [-0.4, -0.2) is 31.0 Å². The van der Waals surface area contributed by atoms with Gasteiger partial charge >= 0.3 is 0 Å². The molecule has 4 heteroatoms. The van der Waals surface area contributed by atoms with E-state index in [0.717, 1.165) is 5.69 Å². The van der Waals surface area contributed by atoms with E-state index in [1.807, 2.05) is 12.1 Å². The predicted molar refractivity (Wildman–Crippen MR) is 67.0 cm³/mol. The third-order valence-corrected chi connectivity index (χ3v) is 2.24. The van der Waals surface area contributed by atoms with Gasteiger partial charge in [-0.2, -0.15) is 0 Å². The molecule has 1 aromatic carbocycles. The number of nitrogens with one attached hydrogen (secondary N) is 1. The van der Waals surface area contributed by atoms with Gasteiger partial charge in [0.25, 0.3) is 0 Å². The minimum Gasteiger partial charge on any atom is -0.394 e. The summed E-state index contributed by atoms with van der Waals surface area (Å²) >= 11 is 5.77. The Labute approximate surface area is 101 Å². The molecule has 16 heavy (non-hydrogen) atoms. The molecule has 0 saturated carbocycles. The van der Waals surface area contributed by atoms with Gasteiger partial charge in [0, 0.05) is 10.7 Å². The van der Waals surface area contributed by atoms with Crippen LogP contribution in [0, 0.1) is 0 Å². The SMILES string of the molecule is C=CCOCC(CO)Nc1ccc(Cl)cc1. The molecule has 1 unspecified atom stereocenters. The van der Waals surface area contributed by atoms with Gasteiger partial charge in [0.2, 0.25) is 0 Å². The summed E-state index contributed by atoms with van der Waals surface area (Å²) in [7, 11) is 0. The van der Waals surface area contributed by atoms with Gasteiger partial charge in [-0.3, -0.25) is 0 Å². The van der Waals surface area contributed by atoms with E-state index in [-0.39, 0.29) is 12.6 Å². The Morgan fingerprint density at radius 1 is 1.44 bits per heavy atom. The smallest absolute Gasteiger partial charge is 0.0726 e. The van der Waals surface area contributed by atoms with Crippen LogP contribution in [0.4, 0.5) is 5.69 Å². The molecule has 0 aliphatic rings. The highest BCUT2D eigenvalue weighted by atomic mass is 35.5. The molecule has 1 rings (SSSR count). The summed E-state index contributed by atoms with van der Waals surface area (Å²) in [4.78, 5) is 0. The molecular weight excluding hydrogens is 226 g/mol. The Balaban J connectivity index is 2.42. The topological polar surface area (TPSA) is 41.5 Å². The molecule has 2 N–H and O–H groups in total. The number of anilines is 1. The first kappa shape index (κ1) is 13.0. The van der Waals surface area contributed by atoms with Crippen molar-refractivity contribution in [3.8, 4) is 0 Å². The highest BCUT2D eigenvalue weighted by molar-refractivity contribution is 6.30. The molecule has 0 aliphatic heterocycles. The van der Waals surface area contributed by atoms with Gasteiger partial charge in [0.1, 0.15) is 0 Å². The zero-order chi connectivity index (χ0) is 11.8. The second-order valence-electron chi connectivity index (χ2n) is 3.36. The van der Waals surface area contributed by atoms with Gasteiger partial charge in [0.05, 0.1) is 25.9 Å². The lowest BCUT2D eigenvalue weighted by Gasteiger charge is -2.17. The molecule has 0 aliphatic carbocycles. The molecule has 0 spiro atoms. The van der Waals surface area contributed by atoms with E-state index in [1.165, 1.54) is 0 Å². The molecule has 0 bridgehead atoms. The van der Waals surface area contributed by atoms with Crippen molar-refractivity contribution in [3.05, 3.63) is 41.9 Å². The highest BCUT2D eigenvalue weighted by Crippen LogP contribution is 2.14. The molecule has 0 radical (unpaired) electrons. The molecule has 0 aromatic heterocycles. The van der Waals surface area contributed by atoms with Crippen molar-refractivity contribution in [1.29, 1.82) is 0 Å². The van der Waals surface area contributed by atoms with E-state index in [1.54, 1.807) is 18.2 Å². The van der Waals surface area contributed by atoms with E-state index in [0.29, 0.717) is 18.2 Å². The van der Waals surface area contributed by atoms with Crippen molar-refractivity contribution in [3.63, 3.8) is 0 Å². The van der Waals surface area contributed by atoms with Crippen LogP contribution < -0.4 is 5.32 Å². The molecular formula is C12H16ClNO2. The maximum atomic E-state index is 9.15. The summed E-state index contributed by atoms with van der Waals surface area (Å²) in [6.45, 7) is 4.49. The van der Waals surface area contributed by atoms with E-state index < -0.39 is 0 Å². The maximum absolute atomic E-state index is 9.15. The van der Waals surface area contributed by atoms with Gasteiger partial charge < -0.3 is 15.2 Å². The maximum Gasteiger partial charge on any atom is 0.0726 e. The molecule has 3 nitrogen and oxygen atoms in total. The van der Waals surface area contributed by atoms with E-state index in [4.69, 9.17) is 21.4 Å². The van der Waals surface area contributed by atoms with Crippen molar-refractivity contribution in [2.24, 2.45) is 0 Å². The Bertz CT molecular complexity index is 313. The summed E-state index contributed by atoms with van der Waals surface area (Å²) in [5.41, 5.74) is 0.908. The van der Waals surface area contributed by atoms with Crippen molar-refractivity contribution >= 4 is 17.3 Å². The Hall–Kier alpha value is -1.03. The fourth-order valence-corrected chi connectivity index (χ4v) is 1.34. The number of benzene rings is 1. The number of aliphatic hydroxyl groups is 1. The summed E-state index contributed by atoms with van der Waals surface area (Å²) in [5, 5.41) is 13.0. The van der Waals surface area contributed by atoms with Gasteiger partial charge in [-0.1, -0.05) is 17.7 Å². The predicted octanol–water partition coefficient (Wildman–Crippen LogP) is 2.32. The highest BCUT2D eigenvalue weighted by Gasteiger charge is 2.06. The Kier molecular flexibility index (Phi) is 5.93. The quantitative estimate of drug-likeness (QED) is 0.569. The lowest BCUT2D eigenvalue weighted by Crippen LogP contribution is -2.29.